The summed E-state index contributed by atoms with van der Waals surface area (Å²) in [5, 5.41) is 5.01. The zero-order valence-electron chi connectivity index (χ0n) is 11.7. The van der Waals surface area contributed by atoms with Crippen LogP contribution in [0.15, 0.2) is 30.3 Å². The number of hydrogen-bond donors (Lipinski definition) is 1. The molecule has 18 heavy (non-hydrogen) atoms. The molecule has 0 aliphatic heterocycles. The second-order valence-electron chi connectivity index (χ2n) is 5.30. The zero-order chi connectivity index (χ0) is 13.1. The van der Waals surface area contributed by atoms with Crippen molar-refractivity contribution >= 4 is 21.4 Å². The van der Waals surface area contributed by atoms with Gasteiger partial charge in [-0.1, -0.05) is 45.9 Å². The molecule has 1 aromatic heterocycles. The SMILES string of the molecule is CCNC(C(C)C)C(C)c1cc2ccccc2s1. The van der Waals surface area contributed by atoms with E-state index in [1.165, 1.54) is 15.0 Å². The van der Waals surface area contributed by atoms with Gasteiger partial charge in [-0.25, -0.2) is 0 Å². The van der Waals surface area contributed by atoms with E-state index in [0.29, 0.717) is 17.9 Å². The molecule has 0 amide bonds. The van der Waals surface area contributed by atoms with Gasteiger partial charge in [0.15, 0.2) is 0 Å². The lowest BCUT2D eigenvalue weighted by atomic mass is 9.90. The lowest BCUT2D eigenvalue weighted by Gasteiger charge is -2.27. The summed E-state index contributed by atoms with van der Waals surface area (Å²) in [6.07, 6.45) is 0. The van der Waals surface area contributed by atoms with Crippen LogP contribution in [-0.4, -0.2) is 12.6 Å². The van der Waals surface area contributed by atoms with Crippen LogP contribution >= 0.6 is 11.3 Å². The first-order valence-electron chi connectivity index (χ1n) is 6.85. The van der Waals surface area contributed by atoms with Crippen molar-refractivity contribution < 1.29 is 0 Å². The first-order valence-corrected chi connectivity index (χ1v) is 7.67. The summed E-state index contributed by atoms with van der Waals surface area (Å²) in [7, 11) is 0. The highest BCUT2D eigenvalue weighted by Gasteiger charge is 2.22. The molecule has 1 heterocycles. The van der Waals surface area contributed by atoms with Gasteiger partial charge in [0.2, 0.25) is 0 Å². The number of likely N-dealkylation sites (N-methyl/N-ethyl adjacent to an activating group) is 1. The molecule has 0 spiro atoms. The van der Waals surface area contributed by atoms with Crippen LogP contribution in [0.2, 0.25) is 0 Å². The van der Waals surface area contributed by atoms with E-state index in [-0.39, 0.29) is 0 Å². The van der Waals surface area contributed by atoms with E-state index in [1.54, 1.807) is 0 Å². The minimum atomic E-state index is 0.558. The highest BCUT2D eigenvalue weighted by Crippen LogP contribution is 2.33. The third kappa shape index (κ3) is 2.76. The fraction of sp³-hybridized carbons (Fsp3) is 0.500. The van der Waals surface area contributed by atoms with Crippen LogP contribution in [0.3, 0.4) is 0 Å². The van der Waals surface area contributed by atoms with Crippen molar-refractivity contribution in [2.45, 2.75) is 39.7 Å². The molecule has 1 nitrogen and oxygen atoms in total. The monoisotopic (exact) mass is 261 g/mol. The van der Waals surface area contributed by atoms with E-state index < -0.39 is 0 Å². The van der Waals surface area contributed by atoms with E-state index in [0.717, 1.165) is 6.54 Å². The first-order chi connectivity index (χ1) is 8.63. The molecule has 0 saturated heterocycles. The second kappa shape index (κ2) is 5.85. The maximum absolute atomic E-state index is 3.63. The first kappa shape index (κ1) is 13.6. The number of thiophene rings is 1. The van der Waals surface area contributed by atoms with Gasteiger partial charge in [0, 0.05) is 21.5 Å². The van der Waals surface area contributed by atoms with Crippen molar-refractivity contribution in [1.82, 2.24) is 5.32 Å². The van der Waals surface area contributed by atoms with Gasteiger partial charge < -0.3 is 5.32 Å². The molecule has 2 heteroatoms. The Labute approximate surface area is 114 Å². The minimum Gasteiger partial charge on any atom is -0.313 e. The van der Waals surface area contributed by atoms with E-state index >= 15 is 0 Å². The number of fused-ring (bicyclic) bond motifs is 1. The quantitative estimate of drug-likeness (QED) is 0.827. The second-order valence-corrected chi connectivity index (χ2v) is 6.42. The normalized spacial score (nSPS) is 15.2. The number of rotatable bonds is 5. The Hall–Kier alpha value is -0.860. The van der Waals surface area contributed by atoms with Gasteiger partial charge >= 0.3 is 0 Å². The maximum atomic E-state index is 3.63. The largest absolute Gasteiger partial charge is 0.313 e. The summed E-state index contributed by atoms with van der Waals surface area (Å²) in [6.45, 7) is 10.2. The van der Waals surface area contributed by atoms with Crippen LogP contribution < -0.4 is 5.32 Å². The minimum absolute atomic E-state index is 0.558. The summed E-state index contributed by atoms with van der Waals surface area (Å²) >= 11 is 1.94. The number of hydrogen-bond acceptors (Lipinski definition) is 2. The van der Waals surface area contributed by atoms with Gasteiger partial charge in [-0.05, 0) is 30.0 Å². The molecule has 2 aromatic rings. The Morgan fingerprint density at radius 3 is 2.50 bits per heavy atom. The molecule has 0 saturated carbocycles. The lowest BCUT2D eigenvalue weighted by Crippen LogP contribution is -2.37. The summed E-state index contributed by atoms with van der Waals surface area (Å²) in [5.41, 5.74) is 0. The topological polar surface area (TPSA) is 12.0 Å². The van der Waals surface area contributed by atoms with E-state index in [9.17, 15) is 0 Å². The van der Waals surface area contributed by atoms with Gasteiger partial charge in [-0.2, -0.15) is 0 Å². The van der Waals surface area contributed by atoms with Crippen molar-refractivity contribution in [1.29, 1.82) is 0 Å². The third-order valence-corrected chi connectivity index (χ3v) is 4.91. The molecule has 2 rings (SSSR count). The third-order valence-electron chi connectivity index (χ3n) is 3.59. The van der Waals surface area contributed by atoms with Crippen molar-refractivity contribution in [3.63, 3.8) is 0 Å². The predicted octanol–water partition coefficient (Wildman–Crippen LogP) is 4.64. The zero-order valence-corrected chi connectivity index (χ0v) is 12.6. The van der Waals surface area contributed by atoms with E-state index in [2.05, 4.69) is 63.3 Å². The van der Waals surface area contributed by atoms with Gasteiger partial charge in [0.05, 0.1) is 0 Å². The maximum Gasteiger partial charge on any atom is 0.0345 e. The van der Waals surface area contributed by atoms with Crippen LogP contribution in [0.5, 0.6) is 0 Å². The predicted molar refractivity (Wildman–Crippen MR) is 82.5 cm³/mol. The molecule has 1 N–H and O–H groups in total. The summed E-state index contributed by atoms with van der Waals surface area (Å²) < 4.78 is 1.40. The van der Waals surface area contributed by atoms with Crippen molar-refractivity contribution in [3.8, 4) is 0 Å². The average molecular weight is 261 g/mol. The van der Waals surface area contributed by atoms with Crippen LogP contribution in [0.1, 0.15) is 38.5 Å². The average Bonchev–Trinajstić information content (AvgIpc) is 2.78. The van der Waals surface area contributed by atoms with Crippen molar-refractivity contribution in [2.75, 3.05) is 6.54 Å². The Morgan fingerprint density at radius 2 is 1.89 bits per heavy atom. The lowest BCUT2D eigenvalue weighted by molar-refractivity contribution is 0.363. The van der Waals surface area contributed by atoms with Crippen LogP contribution in [0.4, 0.5) is 0 Å². The van der Waals surface area contributed by atoms with Gasteiger partial charge in [0.1, 0.15) is 0 Å². The van der Waals surface area contributed by atoms with Crippen LogP contribution in [0, 0.1) is 5.92 Å². The molecule has 1 aromatic carbocycles. The molecular weight excluding hydrogens is 238 g/mol. The van der Waals surface area contributed by atoms with E-state index in [4.69, 9.17) is 0 Å². The fourth-order valence-corrected chi connectivity index (χ4v) is 3.79. The summed E-state index contributed by atoms with van der Waals surface area (Å²) in [5.74, 6) is 1.23. The molecule has 0 aliphatic carbocycles. The summed E-state index contributed by atoms with van der Waals surface area (Å²) in [4.78, 5) is 1.50. The molecule has 0 aliphatic rings. The Morgan fingerprint density at radius 1 is 1.17 bits per heavy atom. The highest BCUT2D eigenvalue weighted by atomic mass is 32.1. The molecular formula is C16H23NS. The Bertz CT molecular complexity index is 468. The van der Waals surface area contributed by atoms with Gasteiger partial charge in [0.25, 0.3) is 0 Å². The standard InChI is InChI=1S/C16H23NS/c1-5-17-16(11(2)3)12(4)15-10-13-8-6-7-9-14(13)18-15/h6-12,16-17H,5H2,1-4H3. The number of nitrogens with one attached hydrogen (secondary N) is 1. The Kier molecular flexibility index (Phi) is 4.41. The molecule has 0 radical (unpaired) electrons. The van der Waals surface area contributed by atoms with E-state index in [1.807, 2.05) is 11.3 Å². The van der Waals surface area contributed by atoms with Gasteiger partial charge in [-0.3, -0.25) is 0 Å². The molecule has 2 atom stereocenters. The summed E-state index contributed by atoms with van der Waals surface area (Å²) in [6, 6.07) is 11.6. The van der Waals surface area contributed by atoms with Gasteiger partial charge in [-0.15, -0.1) is 11.3 Å². The van der Waals surface area contributed by atoms with Crippen molar-refractivity contribution in [3.05, 3.63) is 35.2 Å². The highest BCUT2D eigenvalue weighted by molar-refractivity contribution is 7.19. The number of benzene rings is 1. The van der Waals surface area contributed by atoms with Crippen LogP contribution in [0.25, 0.3) is 10.1 Å². The molecule has 0 fully saturated rings. The smallest absolute Gasteiger partial charge is 0.0345 e. The fourth-order valence-electron chi connectivity index (χ4n) is 2.63. The Balaban J connectivity index is 2.28. The van der Waals surface area contributed by atoms with Crippen molar-refractivity contribution in [2.24, 2.45) is 5.92 Å². The molecule has 0 bridgehead atoms. The molecule has 2 unspecified atom stereocenters. The molecule has 98 valence electrons. The van der Waals surface area contributed by atoms with Crippen LogP contribution in [-0.2, 0) is 0 Å².